The molecule has 2 aromatic heterocycles. The Bertz CT molecular complexity index is 2280. The molecule has 0 saturated carbocycles. The van der Waals surface area contributed by atoms with E-state index in [9.17, 15) is 43.9 Å². The number of para-hydroxylation sites is 2. The molecule has 316 valence electrons. The molecule has 0 saturated heterocycles. The Morgan fingerprint density at radius 1 is 0.607 bits per heavy atom. The zero-order chi connectivity index (χ0) is 43.7. The van der Waals surface area contributed by atoms with Crippen molar-refractivity contribution in [2.75, 3.05) is 0 Å². The largest absolute Gasteiger partial charge is 1.00 e. The summed E-state index contributed by atoms with van der Waals surface area (Å²) in [6, 6.07) is 28.7. The predicted octanol–water partition coefficient (Wildman–Crippen LogP) is 4.93. The second kappa shape index (κ2) is 22.3. The van der Waals surface area contributed by atoms with Crippen LogP contribution in [0, 0.1) is 11.6 Å². The SMILES string of the molecule is CC(C)n1c(/C=C/[C@@H](O)C[C@@H](O)CC(=O)O)c(-c2ccc(F)cc2)c2ccccc21.CC(C)n1c(/C=C/[C@@H](O)C[C@@H](O)CC(=O)[O-])c(-c2ccc(F)cc2)c2ccccc21.[Na+]. The summed E-state index contributed by atoms with van der Waals surface area (Å²) in [6.45, 7) is 8.23. The van der Waals surface area contributed by atoms with Crippen LogP contribution in [0.1, 0.15) is 76.8 Å². The van der Waals surface area contributed by atoms with E-state index < -0.39 is 49.2 Å². The number of aromatic nitrogens is 2. The van der Waals surface area contributed by atoms with Crippen molar-refractivity contribution in [1.29, 1.82) is 0 Å². The summed E-state index contributed by atoms with van der Waals surface area (Å²) in [5.74, 6) is -3.11. The van der Waals surface area contributed by atoms with Crippen molar-refractivity contribution in [3.63, 3.8) is 0 Å². The van der Waals surface area contributed by atoms with Gasteiger partial charge in [0.2, 0.25) is 0 Å². The molecule has 0 aliphatic rings. The topological polar surface area (TPSA) is 168 Å². The molecule has 5 N–H and O–H groups in total. The summed E-state index contributed by atoms with van der Waals surface area (Å²) in [4.78, 5) is 21.3. The summed E-state index contributed by atoms with van der Waals surface area (Å²) < 4.78 is 31.3. The maximum Gasteiger partial charge on any atom is 1.00 e. The van der Waals surface area contributed by atoms with Crippen LogP contribution in [0.2, 0.25) is 0 Å². The molecular formula is C48H51F2N2NaO8. The third-order valence-corrected chi connectivity index (χ3v) is 9.99. The Kier molecular flexibility index (Phi) is 17.8. The Morgan fingerprint density at radius 2 is 0.967 bits per heavy atom. The van der Waals surface area contributed by atoms with Crippen molar-refractivity contribution in [2.45, 2.75) is 89.9 Å². The average Bonchev–Trinajstić information content (AvgIpc) is 3.69. The molecule has 0 aliphatic heterocycles. The molecule has 0 radical (unpaired) electrons. The number of rotatable bonds is 16. The molecule has 13 heteroatoms. The molecule has 6 rings (SSSR count). The number of carbonyl (C=O) groups is 2. The number of halogens is 2. The quantitative estimate of drug-likeness (QED) is 0.0856. The van der Waals surface area contributed by atoms with Gasteiger partial charge in [0.05, 0.1) is 30.8 Å². The standard InChI is InChI=1S/2C24H26FNO4.Na/c2*1-15(2)26-21-6-4-3-5-20(21)24(16-7-9-17(25)10-8-16)22(26)12-11-18(27)13-19(28)14-23(29)30;/h2*3-12,15,18-19,27-28H,13-14H2,1-2H3,(H,29,30);/q;;+1/p-1/b2*12-11+;/t2*18-,19-;/m11./s1. The minimum Gasteiger partial charge on any atom is -0.550 e. The van der Waals surface area contributed by atoms with Gasteiger partial charge in [0.25, 0.3) is 0 Å². The third-order valence-electron chi connectivity index (χ3n) is 9.99. The normalized spacial score (nSPS) is 13.7. The van der Waals surface area contributed by atoms with Crippen molar-refractivity contribution in [1.82, 2.24) is 9.13 Å². The van der Waals surface area contributed by atoms with Gasteiger partial charge in [-0.25, -0.2) is 8.78 Å². The number of benzene rings is 4. The zero-order valence-corrected chi connectivity index (χ0v) is 37.0. The summed E-state index contributed by atoms with van der Waals surface area (Å²) in [5, 5.41) is 61.5. The summed E-state index contributed by atoms with van der Waals surface area (Å²) >= 11 is 0. The fraction of sp³-hybridized carbons (Fsp3) is 0.292. The molecule has 4 atom stereocenters. The number of nitrogens with zero attached hydrogens (tertiary/aromatic N) is 2. The maximum atomic E-state index is 13.5. The van der Waals surface area contributed by atoms with E-state index in [4.69, 9.17) is 5.11 Å². The van der Waals surface area contributed by atoms with Gasteiger partial charge in [-0.05, 0) is 87.4 Å². The van der Waals surface area contributed by atoms with E-state index in [0.717, 1.165) is 55.4 Å². The van der Waals surface area contributed by atoms with Crippen LogP contribution < -0.4 is 34.7 Å². The Morgan fingerprint density at radius 3 is 1.31 bits per heavy atom. The first kappa shape index (κ1) is 48.7. The molecule has 4 aromatic carbocycles. The summed E-state index contributed by atoms with van der Waals surface area (Å²) in [5.41, 5.74) is 7.26. The molecule has 0 bridgehead atoms. The van der Waals surface area contributed by atoms with Gasteiger partial charge in [0, 0.05) is 81.6 Å². The molecule has 0 unspecified atom stereocenters. The minimum atomic E-state index is -1.36. The number of fused-ring (bicyclic) bond motifs is 2. The molecular weight excluding hydrogens is 794 g/mol. The van der Waals surface area contributed by atoms with E-state index >= 15 is 0 Å². The fourth-order valence-electron chi connectivity index (χ4n) is 7.53. The van der Waals surface area contributed by atoms with Crippen LogP contribution in [0.4, 0.5) is 8.78 Å². The average molecular weight is 845 g/mol. The smallest absolute Gasteiger partial charge is 0.550 e. The van der Waals surface area contributed by atoms with Gasteiger partial charge >= 0.3 is 35.5 Å². The monoisotopic (exact) mass is 844 g/mol. The van der Waals surface area contributed by atoms with Crippen LogP contribution in [0.25, 0.3) is 56.2 Å². The van der Waals surface area contributed by atoms with Crippen LogP contribution in [-0.4, -0.2) is 71.0 Å². The van der Waals surface area contributed by atoms with Crippen LogP contribution in [0.3, 0.4) is 0 Å². The summed E-state index contributed by atoms with van der Waals surface area (Å²) in [6.07, 6.45) is 1.18. The number of aliphatic hydroxyl groups excluding tert-OH is 4. The van der Waals surface area contributed by atoms with Crippen LogP contribution in [0.5, 0.6) is 0 Å². The second-order valence-corrected chi connectivity index (χ2v) is 15.3. The number of aliphatic hydroxyl groups is 4. The number of aliphatic carboxylic acids is 2. The van der Waals surface area contributed by atoms with E-state index in [1.807, 2.05) is 48.5 Å². The first-order valence-corrected chi connectivity index (χ1v) is 19.8. The molecule has 10 nitrogen and oxygen atoms in total. The maximum absolute atomic E-state index is 13.5. The van der Waals surface area contributed by atoms with Crippen LogP contribution in [0.15, 0.2) is 109 Å². The molecule has 0 fully saturated rings. The molecule has 6 aromatic rings. The number of hydrogen-bond acceptors (Lipinski definition) is 7. The van der Waals surface area contributed by atoms with Gasteiger partial charge in [0.15, 0.2) is 0 Å². The van der Waals surface area contributed by atoms with Gasteiger partial charge in [-0.1, -0.05) is 72.8 Å². The van der Waals surface area contributed by atoms with Gasteiger partial charge < -0.3 is 44.6 Å². The van der Waals surface area contributed by atoms with Gasteiger partial charge in [-0.15, -0.1) is 0 Å². The van der Waals surface area contributed by atoms with E-state index in [2.05, 4.69) is 36.8 Å². The Labute approximate surface area is 376 Å². The zero-order valence-electron chi connectivity index (χ0n) is 35.0. The minimum absolute atomic E-state index is 0. The van der Waals surface area contributed by atoms with Crippen LogP contribution in [-0.2, 0) is 9.59 Å². The van der Waals surface area contributed by atoms with Crippen molar-refractivity contribution in [3.8, 4) is 22.3 Å². The van der Waals surface area contributed by atoms with E-state index in [-0.39, 0.29) is 66.1 Å². The first-order valence-electron chi connectivity index (χ1n) is 19.8. The number of carbonyl (C=O) groups excluding carboxylic acids is 1. The van der Waals surface area contributed by atoms with Crippen molar-refractivity contribution in [2.24, 2.45) is 0 Å². The molecule has 61 heavy (non-hydrogen) atoms. The van der Waals surface area contributed by atoms with E-state index in [1.165, 1.54) is 24.3 Å². The Hall–Kier alpha value is -4.92. The van der Waals surface area contributed by atoms with E-state index in [1.54, 1.807) is 48.6 Å². The molecule has 2 heterocycles. The third kappa shape index (κ3) is 12.6. The van der Waals surface area contributed by atoms with E-state index in [0.29, 0.717) is 0 Å². The first-order chi connectivity index (χ1) is 28.5. The van der Waals surface area contributed by atoms with Crippen molar-refractivity contribution < 1.29 is 78.6 Å². The summed E-state index contributed by atoms with van der Waals surface area (Å²) in [7, 11) is 0. The van der Waals surface area contributed by atoms with Gasteiger partial charge in [-0.3, -0.25) is 4.79 Å². The molecule has 0 spiro atoms. The van der Waals surface area contributed by atoms with Crippen LogP contribution >= 0.6 is 0 Å². The fourth-order valence-corrected chi connectivity index (χ4v) is 7.53. The molecule has 0 aliphatic carbocycles. The molecule has 0 amide bonds. The predicted molar refractivity (Wildman–Crippen MR) is 229 cm³/mol. The second-order valence-electron chi connectivity index (χ2n) is 15.3. The Balaban J connectivity index is 0.000000264. The number of carboxylic acids is 2. The number of carboxylic acid groups (broad SMARTS) is 2. The van der Waals surface area contributed by atoms with Crippen molar-refractivity contribution in [3.05, 3.63) is 132 Å². The van der Waals surface area contributed by atoms with Crippen molar-refractivity contribution >= 4 is 45.9 Å². The number of hydrogen-bond donors (Lipinski definition) is 5. The van der Waals surface area contributed by atoms with Gasteiger partial charge in [-0.2, -0.15) is 0 Å². The van der Waals surface area contributed by atoms with Gasteiger partial charge in [0.1, 0.15) is 11.6 Å².